The van der Waals surface area contributed by atoms with Crippen molar-refractivity contribution < 1.29 is 9.90 Å². The molecule has 0 spiro atoms. The fraction of sp³-hybridized carbons (Fsp3) is 0. The molecule has 2 nitrogen and oxygen atoms in total. The molecule has 1 radical (unpaired) electrons. The number of benzene rings is 2. The van der Waals surface area contributed by atoms with Crippen molar-refractivity contribution in [3.63, 3.8) is 0 Å². The number of carbonyl (C=O) groups is 1. The van der Waals surface area contributed by atoms with Crippen molar-refractivity contribution in [2.75, 3.05) is 0 Å². The Balaban J connectivity index is 2.38. The Hall–Kier alpha value is -1.61. The molecule has 0 saturated heterocycles. The topological polar surface area (TPSA) is 37.3 Å². The average Bonchev–Trinajstić information content (AvgIpc) is 2.29. The molecule has 0 bridgehead atoms. The van der Waals surface area contributed by atoms with Crippen LogP contribution in [0.25, 0.3) is 11.1 Å². The SMILES string of the molecule is O=C(O)c1ccc(-c2[c]ccc(Br)c2)cc1. The van der Waals surface area contributed by atoms with E-state index in [1.807, 2.05) is 18.2 Å². The predicted octanol–water partition coefficient (Wildman–Crippen LogP) is 3.61. The van der Waals surface area contributed by atoms with Crippen molar-refractivity contribution in [2.45, 2.75) is 0 Å². The van der Waals surface area contributed by atoms with Crippen LogP contribution in [0.4, 0.5) is 0 Å². The highest BCUT2D eigenvalue weighted by Crippen LogP contribution is 2.22. The number of rotatable bonds is 2. The molecule has 0 atom stereocenters. The van der Waals surface area contributed by atoms with E-state index in [9.17, 15) is 4.79 Å². The third kappa shape index (κ3) is 2.31. The second kappa shape index (κ2) is 4.49. The molecule has 1 N–H and O–H groups in total. The minimum Gasteiger partial charge on any atom is -0.478 e. The van der Waals surface area contributed by atoms with Crippen LogP contribution in [0.3, 0.4) is 0 Å². The lowest BCUT2D eigenvalue weighted by Crippen LogP contribution is -1.94. The highest BCUT2D eigenvalue weighted by atomic mass is 79.9. The van der Waals surface area contributed by atoms with Crippen LogP contribution in [0.5, 0.6) is 0 Å². The van der Waals surface area contributed by atoms with Crippen LogP contribution in [0.1, 0.15) is 10.4 Å². The first-order valence-electron chi connectivity index (χ1n) is 4.68. The van der Waals surface area contributed by atoms with Gasteiger partial charge in [0, 0.05) is 4.47 Å². The smallest absolute Gasteiger partial charge is 0.335 e. The van der Waals surface area contributed by atoms with Gasteiger partial charge in [-0.15, -0.1) is 0 Å². The first-order chi connectivity index (χ1) is 7.66. The maximum atomic E-state index is 10.7. The largest absolute Gasteiger partial charge is 0.478 e. The molecule has 0 amide bonds. The number of hydrogen-bond acceptors (Lipinski definition) is 1. The van der Waals surface area contributed by atoms with Crippen LogP contribution in [0.15, 0.2) is 46.9 Å². The second-order valence-corrected chi connectivity index (χ2v) is 4.22. The van der Waals surface area contributed by atoms with Gasteiger partial charge in [0.15, 0.2) is 0 Å². The highest BCUT2D eigenvalue weighted by Gasteiger charge is 2.03. The van der Waals surface area contributed by atoms with E-state index >= 15 is 0 Å². The second-order valence-electron chi connectivity index (χ2n) is 3.30. The zero-order valence-corrected chi connectivity index (χ0v) is 9.86. The Morgan fingerprint density at radius 2 is 1.88 bits per heavy atom. The molecular weight excluding hydrogens is 268 g/mol. The summed E-state index contributed by atoms with van der Waals surface area (Å²) in [6.07, 6.45) is 0. The molecule has 0 aliphatic rings. The number of hydrogen-bond donors (Lipinski definition) is 1. The van der Waals surface area contributed by atoms with Crippen molar-refractivity contribution in [1.29, 1.82) is 0 Å². The number of carboxylic acid groups (broad SMARTS) is 1. The summed E-state index contributed by atoms with van der Waals surface area (Å²) in [4.78, 5) is 10.7. The molecule has 0 heterocycles. The lowest BCUT2D eigenvalue weighted by molar-refractivity contribution is 0.0697. The Labute approximate surface area is 102 Å². The van der Waals surface area contributed by atoms with E-state index in [1.165, 1.54) is 0 Å². The Morgan fingerprint density at radius 1 is 1.19 bits per heavy atom. The zero-order valence-electron chi connectivity index (χ0n) is 8.27. The van der Waals surface area contributed by atoms with E-state index < -0.39 is 5.97 Å². The molecule has 2 aromatic carbocycles. The number of aromatic carboxylic acids is 1. The summed E-state index contributed by atoms with van der Waals surface area (Å²) in [5.74, 6) is -0.912. The fourth-order valence-corrected chi connectivity index (χ4v) is 1.76. The van der Waals surface area contributed by atoms with Gasteiger partial charge in [0.05, 0.1) is 5.56 Å². The molecule has 0 fully saturated rings. The molecule has 0 aliphatic carbocycles. The minimum atomic E-state index is -0.912. The van der Waals surface area contributed by atoms with Gasteiger partial charge in [0.25, 0.3) is 0 Å². The molecule has 0 saturated carbocycles. The van der Waals surface area contributed by atoms with Gasteiger partial charge in [0.1, 0.15) is 0 Å². The summed E-state index contributed by atoms with van der Waals surface area (Å²) in [6.45, 7) is 0. The zero-order chi connectivity index (χ0) is 11.5. The van der Waals surface area contributed by atoms with E-state index in [0.717, 1.165) is 15.6 Å². The monoisotopic (exact) mass is 275 g/mol. The third-order valence-electron chi connectivity index (χ3n) is 2.21. The van der Waals surface area contributed by atoms with E-state index in [4.69, 9.17) is 5.11 Å². The van der Waals surface area contributed by atoms with E-state index in [1.54, 1.807) is 24.3 Å². The Bertz CT molecular complexity index is 518. The molecule has 3 heteroatoms. The lowest BCUT2D eigenvalue weighted by Gasteiger charge is -2.02. The number of carboxylic acids is 1. The van der Waals surface area contributed by atoms with Crippen LogP contribution in [-0.2, 0) is 0 Å². The standard InChI is InChI=1S/C13H8BrO2/c14-12-3-1-2-11(8-12)9-4-6-10(7-5-9)13(15)16/h1,3-8H,(H,15,16). The predicted molar refractivity (Wildman–Crippen MR) is 65.4 cm³/mol. The molecule has 0 aromatic heterocycles. The Morgan fingerprint density at radius 3 is 2.44 bits per heavy atom. The van der Waals surface area contributed by atoms with Gasteiger partial charge < -0.3 is 5.11 Å². The van der Waals surface area contributed by atoms with Crippen molar-refractivity contribution in [3.05, 3.63) is 58.6 Å². The van der Waals surface area contributed by atoms with Gasteiger partial charge in [-0.3, -0.25) is 0 Å². The first kappa shape index (κ1) is 10.9. The molecule has 2 aromatic rings. The maximum Gasteiger partial charge on any atom is 0.335 e. The molecule has 0 aliphatic heterocycles. The van der Waals surface area contributed by atoms with Gasteiger partial charge in [-0.25, -0.2) is 4.79 Å². The molecule has 79 valence electrons. The van der Waals surface area contributed by atoms with Crippen molar-refractivity contribution >= 4 is 21.9 Å². The van der Waals surface area contributed by atoms with Crippen LogP contribution in [-0.4, -0.2) is 11.1 Å². The van der Waals surface area contributed by atoms with Gasteiger partial charge in [-0.05, 0) is 41.5 Å². The summed E-state index contributed by atoms with van der Waals surface area (Å²) >= 11 is 3.38. The van der Waals surface area contributed by atoms with Gasteiger partial charge in [-0.1, -0.05) is 34.1 Å². The van der Waals surface area contributed by atoms with Crippen LogP contribution in [0, 0.1) is 6.07 Å². The molecule has 2 rings (SSSR count). The van der Waals surface area contributed by atoms with Crippen molar-refractivity contribution in [3.8, 4) is 11.1 Å². The molecular formula is C13H8BrO2. The average molecular weight is 276 g/mol. The van der Waals surface area contributed by atoms with Gasteiger partial charge in [-0.2, -0.15) is 0 Å². The van der Waals surface area contributed by atoms with Crippen molar-refractivity contribution in [2.24, 2.45) is 0 Å². The van der Waals surface area contributed by atoms with E-state index in [0.29, 0.717) is 5.56 Å². The summed E-state index contributed by atoms with van der Waals surface area (Å²) in [7, 11) is 0. The van der Waals surface area contributed by atoms with Crippen LogP contribution >= 0.6 is 15.9 Å². The van der Waals surface area contributed by atoms with Crippen molar-refractivity contribution in [1.82, 2.24) is 0 Å². The Kier molecular flexibility index (Phi) is 3.06. The maximum absolute atomic E-state index is 10.7. The lowest BCUT2D eigenvalue weighted by atomic mass is 10.0. The fourth-order valence-electron chi connectivity index (χ4n) is 1.40. The molecule has 0 unspecified atom stereocenters. The first-order valence-corrected chi connectivity index (χ1v) is 5.47. The normalized spacial score (nSPS) is 10.1. The van der Waals surface area contributed by atoms with Gasteiger partial charge >= 0.3 is 5.97 Å². The summed E-state index contributed by atoms with van der Waals surface area (Å²) in [5, 5.41) is 8.78. The van der Waals surface area contributed by atoms with E-state index in [-0.39, 0.29) is 0 Å². The summed E-state index contributed by atoms with van der Waals surface area (Å²) in [5.41, 5.74) is 2.18. The number of halogens is 1. The summed E-state index contributed by atoms with van der Waals surface area (Å²) < 4.78 is 0.976. The summed E-state index contributed by atoms with van der Waals surface area (Å²) in [6, 6.07) is 15.5. The third-order valence-corrected chi connectivity index (χ3v) is 2.70. The van der Waals surface area contributed by atoms with E-state index in [2.05, 4.69) is 22.0 Å². The quantitative estimate of drug-likeness (QED) is 0.909. The van der Waals surface area contributed by atoms with Gasteiger partial charge in [0.2, 0.25) is 0 Å². The van der Waals surface area contributed by atoms with Crippen LogP contribution in [0.2, 0.25) is 0 Å². The molecule has 16 heavy (non-hydrogen) atoms. The highest BCUT2D eigenvalue weighted by molar-refractivity contribution is 9.10. The minimum absolute atomic E-state index is 0.291. The van der Waals surface area contributed by atoms with Crippen LogP contribution < -0.4 is 0 Å².